The van der Waals surface area contributed by atoms with Crippen LogP contribution in [0.25, 0.3) is 0 Å². The van der Waals surface area contributed by atoms with E-state index in [1.807, 2.05) is 37.3 Å². The normalized spacial score (nSPS) is 10.2. The summed E-state index contributed by atoms with van der Waals surface area (Å²) in [5.74, 6) is -0.969. The van der Waals surface area contributed by atoms with E-state index in [1.54, 1.807) is 24.3 Å². The maximum atomic E-state index is 12.5. The molecule has 2 amide bonds. The minimum atomic E-state index is -0.767. The van der Waals surface area contributed by atoms with Gasteiger partial charge >= 0.3 is 11.8 Å². The van der Waals surface area contributed by atoms with Gasteiger partial charge in [0.1, 0.15) is 5.75 Å². The molecule has 0 fully saturated rings. The van der Waals surface area contributed by atoms with Crippen molar-refractivity contribution in [2.45, 2.75) is 13.5 Å². The molecule has 0 aromatic heterocycles. The van der Waals surface area contributed by atoms with Crippen molar-refractivity contribution in [1.82, 2.24) is 4.90 Å². The Labute approximate surface area is 147 Å². The van der Waals surface area contributed by atoms with Gasteiger partial charge in [-0.15, -0.1) is 0 Å². The monoisotopic (exact) mass is 342 g/mol. The fraction of sp³-hybridized carbons (Fsp3) is 0.263. The highest BCUT2D eigenvalue weighted by atomic mass is 16.5. The molecule has 0 aliphatic carbocycles. The number of aliphatic hydroxyl groups excluding tert-OH is 1. The van der Waals surface area contributed by atoms with Crippen LogP contribution in [0.3, 0.4) is 0 Å². The van der Waals surface area contributed by atoms with Crippen molar-refractivity contribution in [2.75, 3.05) is 25.1 Å². The lowest BCUT2D eigenvalue weighted by Gasteiger charge is -2.21. The minimum Gasteiger partial charge on any atom is -0.492 e. The van der Waals surface area contributed by atoms with Gasteiger partial charge in [-0.25, -0.2) is 0 Å². The fourth-order valence-corrected chi connectivity index (χ4v) is 2.35. The Morgan fingerprint density at radius 1 is 1.08 bits per heavy atom. The summed E-state index contributed by atoms with van der Waals surface area (Å²) in [4.78, 5) is 26.1. The van der Waals surface area contributed by atoms with Gasteiger partial charge in [0.05, 0.1) is 18.9 Å². The van der Waals surface area contributed by atoms with Crippen molar-refractivity contribution < 1.29 is 19.4 Å². The molecule has 132 valence electrons. The molecule has 2 N–H and O–H groups in total. The Balaban J connectivity index is 2.09. The average molecular weight is 342 g/mol. The Kier molecular flexibility index (Phi) is 6.98. The van der Waals surface area contributed by atoms with E-state index in [1.165, 1.54) is 4.90 Å². The molecule has 0 atom stereocenters. The van der Waals surface area contributed by atoms with Gasteiger partial charge in [0.2, 0.25) is 0 Å². The minimum absolute atomic E-state index is 0.0776. The summed E-state index contributed by atoms with van der Waals surface area (Å²) in [6.07, 6.45) is 0. The number of nitrogens with zero attached hydrogens (tertiary/aromatic N) is 1. The first kappa shape index (κ1) is 18.5. The number of hydrogen-bond acceptors (Lipinski definition) is 4. The molecule has 6 nitrogen and oxygen atoms in total. The summed E-state index contributed by atoms with van der Waals surface area (Å²) in [7, 11) is 0. The maximum Gasteiger partial charge on any atom is 0.314 e. The average Bonchev–Trinajstić information content (AvgIpc) is 2.63. The highest BCUT2D eigenvalue weighted by molar-refractivity contribution is 6.39. The molecule has 0 bridgehead atoms. The summed E-state index contributed by atoms with van der Waals surface area (Å²) in [5, 5.41) is 11.8. The molecule has 0 aliphatic rings. The number of ether oxygens (including phenoxy) is 1. The van der Waals surface area contributed by atoms with Gasteiger partial charge in [0.25, 0.3) is 0 Å². The highest BCUT2D eigenvalue weighted by Gasteiger charge is 2.22. The van der Waals surface area contributed by atoms with Gasteiger partial charge in [-0.1, -0.05) is 42.5 Å². The SMILES string of the molecule is CCOc1ccccc1NC(=O)C(=O)N(CCO)Cc1ccccc1. The van der Waals surface area contributed by atoms with E-state index in [-0.39, 0.29) is 19.7 Å². The molecule has 2 rings (SSSR count). The predicted molar refractivity (Wildman–Crippen MR) is 95.2 cm³/mol. The summed E-state index contributed by atoms with van der Waals surface area (Å²) in [6, 6.07) is 16.2. The lowest BCUT2D eigenvalue weighted by Crippen LogP contribution is -2.40. The molecule has 2 aromatic carbocycles. The molecule has 0 heterocycles. The van der Waals surface area contributed by atoms with E-state index < -0.39 is 11.8 Å². The van der Waals surface area contributed by atoms with Crippen LogP contribution >= 0.6 is 0 Å². The number of carbonyl (C=O) groups excluding carboxylic acids is 2. The van der Waals surface area contributed by atoms with Crippen molar-refractivity contribution in [3.05, 3.63) is 60.2 Å². The topological polar surface area (TPSA) is 78.9 Å². The van der Waals surface area contributed by atoms with Gasteiger partial charge < -0.3 is 20.1 Å². The van der Waals surface area contributed by atoms with Crippen LogP contribution in [0.15, 0.2) is 54.6 Å². The van der Waals surface area contributed by atoms with Crippen LogP contribution in [0.1, 0.15) is 12.5 Å². The van der Waals surface area contributed by atoms with E-state index in [4.69, 9.17) is 4.74 Å². The molecule has 25 heavy (non-hydrogen) atoms. The Morgan fingerprint density at radius 3 is 2.44 bits per heavy atom. The zero-order valence-corrected chi connectivity index (χ0v) is 14.1. The van der Waals surface area contributed by atoms with Crippen molar-refractivity contribution in [3.63, 3.8) is 0 Å². The smallest absolute Gasteiger partial charge is 0.314 e. The summed E-state index contributed by atoms with van der Waals surface area (Å²) < 4.78 is 5.44. The molecular weight excluding hydrogens is 320 g/mol. The number of hydrogen-bond donors (Lipinski definition) is 2. The number of benzene rings is 2. The molecule has 0 spiro atoms. The van der Waals surface area contributed by atoms with E-state index in [0.29, 0.717) is 18.0 Å². The summed E-state index contributed by atoms with van der Waals surface area (Å²) in [5.41, 5.74) is 1.32. The van der Waals surface area contributed by atoms with Crippen LogP contribution in [0.4, 0.5) is 5.69 Å². The lowest BCUT2D eigenvalue weighted by molar-refractivity contribution is -0.143. The van der Waals surface area contributed by atoms with Crippen molar-refractivity contribution in [1.29, 1.82) is 0 Å². The number of anilines is 1. The van der Waals surface area contributed by atoms with Gasteiger partial charge in [-0.3, -0.25) is 9.59 Å². The Hall–Kier alpha value is -2.86. The molecule has 0 unspecified atom stereocenters. The standard InChI is InChI=1S/C19H22N2O4/c1-2-25-17-11-7-6-10-16(17)20-18(23)19(24)21(12-13-22)14-15-8-4-3-5-9-15/h3-11,22H,2,12-14H2,1H3,(H,20,23). The number of carbonyl (C=O) groups is 2. The summed E-state index contributed by atoms with van der Waals surface area (Å²) >= 11 is 0. The van der Waals surface area contributed by atoms with E-state index in [9.17, 15) is 14.7 Å². The van der Waals surface area contributed by atoms with Gasteiger partial charge in [-0.2, -0.15) is 0 Å². The lowest BCUT2D eigenvalue weighted by atomic mass is 10.2. The molecule has 0 saturated carbocycles. The first-order valence-electron chi connectivity index (χ1n) is 8.12. The third-order valence-electron chi connectivity index (χ3n) is 3.50. The largest absolute Gasteiger partial charge is 0.492 e. The third-order valence-corrected chi connectivity index (χ3v) is 3.50. The van der Waals surface area contributed by atoms with Gasteiger partial charge in [0, 0.05) is 13.1 Å². The first-order chi connectivity index (χ1) is 12.2. The number of rotatable bonds is 7. The molecule has 0 saturated heterocycles. The van der Waals surface area contributed by atoms with Crippen LogP contribution in [0.2, 0.25) is 0 Å². The van der Waals surface area contributed by atoms with Gasteiger partial charge in [0.15, 0.2) is 0 Å². The predicted octanol–water partition coefficient (Wildman–Crippen LogP) is 2.04. The second-order valence-corrected chi connectivity index (χ2v) is 5.32. The number of nitrogens with one attached hydrogen (secondary N) is 1. The Morgan fingerprint density at radius 2 is 1.76 bits per heavy atom. The van der Waals surface area contributed by atoms with Crippen LogP contribution in [0, 0.1) is 0 Å². The third kappa shape index (κ3) is 5.32. The van der Waals surface area contributed by atoms with Crippen molar-refractivity contribution in [2.24, 2.45) is 0 Å². The van der Waals surface area contributed by atoms with Crippen LogP contribution < -0.4 is 10.1 Å². The molecule has 0 aliphatic heterocycles. The fourth-order valence-electron chi connectivity index (χ4n) is 2.35. The van der Waals surface area contributed by atoms with Crippen LogP contribution in [-0.4, -0.2) is 41.6 Å². The second-order valence-electron chi connectivity index (χ2n) is 5.32. The zero-order chi connectivity index (χ0) is 18.1. The molecule has 2 aromatic rings. The van der Waals surface area contributed by atoms with Crippen LogP contribution in [-0.2, 0) is 16.1 Å². The number of aliphatic hydroxyl groups is 1. The molecule has 0 radical (unpaired) electrons. The number of amides is 2. The van der Waals surface area contributed by atoms with Crippen molar-refractivity contribution >= 4 is 17.5 Å². The Bertz CT molecular complexity index is 704. The van der Waals surface area contributed by atoms with E-state index in [2.05, 4.69) is 5.32 Å². The van der Waals surface area contributed by atoms with E-state index in [0.717, 1.165) is 5.56 Å². The summed E-state index contributed by atoms with van der Waals surface area (Å²) in [6.45, 7) is 2.40. The highest BCUT2D eigenvalue weighted by Crippen LogP contribution is 2.23. The van der Waals surface area contributed by atoms with Crippen molar-refractivity contribution in [3.8, 4) is 5.75 Å². The molecular formula is C19H22N2O4. The quantitative estimate of drug-likeness (QED) is 0.755. The molecule has 6 heteroatoms. The first-order valence-corrected chi connectivity index (χ1v) is 8.12. The maximum absolute atomic E-state index is 12.5. The van der Waals surface area contributed by atoms with E-state index >= 15 is 0 Å². The second kappa shape index (κ2) is 9.44. The number of para-hydroxylation sites is 2. The van der Waals surface area contributed by atoms with Gasteiger partial charge in [-0.05, 0) is 24.6 Å². The van der Waals surface area contributed by atoms with Crippen LogP contribution in [0.5, 0.6) is 5.75 Å². The zero-order valence-electron chi connectivity index (χ0n) is 14.1.